The molecule has 1 aromatic rings. The lowest BCUT2D eigenvalue weighted by atomic mass is 9.80. The number of likely N-dealkylation sites (tertiary alicyclic amines) is 1. The minimum Gasteiger partial charge on any atom is -0.337 e. The fourth-order valence-corrected chi connectivity index (χ4v) is 3.59. The van der Waals surface area contributed by atoms with Crippen molar-refractivity contribution in [2.24, 2.45) is 16.5 Å². The van der Waals surface area contributed by atoms with Crippen LogP contribution in [-0.4, -0.2) is 42.5 Å². The minimum absolute atomic E-state index is 0.107. The average molecular weight is 314 g/mol. The lowest BCUT2D eigenvalue weighted by molar-refractivity contribution is 0.0767. The first-order valence-electron chi connectivity index (χ1n) is 6.89. The van der Waals surface area contributed by atoms with Crippen molar-refractivity contribution in [1.29, 1.82) is 0 Å². The number of carbonyl (C=O) groups excluding carboxylic acids is 1. The summed E-state index contributed by atoms with van der Waals surface area (Å²) in [5.74, 6) is 0.00884. The summed E-state index contributed by atoms with van der Waals surface area (Å²) < 4.78 is 23.3. The number of aromatic amines is 1. The van der Waals surface area contributed by atoms with Crippen molar-refractivity contribution >= 4 is 15.9 Å². The van der Waals surface area contributed by atoms with E-state index in [9.17, 15) is 13.2 Å². The number of primary sulfonamides is 1. The van der Waals surface area contributed by atoms with Crippen LogP contribution in [0.2, 0.25) is 0 Å². The summed E-state index contributed by atoms with van der Waals surface area (Å²) >= 11 is 0. The molecular weight excluding hydrogens is 292 g/mol. The van der Waals surface area contributed by atoms with Crippen molar-refractivity contribution in [3.05, 3.63) is 11.4 Å². The molecule has 118 valence electrons. The van der Waals surface area contributed by atoms with Gasteiger partial charge in [0, 0.05) is 13.1 Å². The SMILES string of the molecule is Cc1[nH]nc(C(=O)N2CCC(C(C)(C)C)C2)c1S(N)(=O)=O. The van der Waals surface area contributed by atoms with Crippen LogP contribution < -0.4 is 5.14 Å². The number of H-pyrrole nitrogens is 1. The lowest BCUT2D eigenvalue weighted by Crippen LogP contribution is -2.32. The van der Waals surface area contributed by atoms with Crippen molar-refractivity contribution < 1.29 is 13.2 Å². The molecule has 1 aromatic heterocycles. The van der Waals surface area contributed by atoms with E-state index in [0.717, 1.165) is 6.42 Å². The molecule has 2 rings (SSSR count). The van der Waals surface area contributed by atoms with Gasteiger partial charge < -0.3 is 4.90 Å². The first-order valence-corrected chi connectivity index (χ1v) is 8.43. The van der Waals surface area contributed by atoms with Gasteiger partial charge in [0.05, 0.1) is 5.69 Å². The number of nitrogens with one attached hydrogen (secondary N) is 1. The van der Waals surface area contributed by atoms with E-state index in [1.54, 1.807) is 4.90 Å². The second-order valence-corrected chi connectivity index (χ2v) is 8.17. The molecule has 3 N–H and O–H groups in total. The lowest BCUT2D eigenvalue weighted by Gasteiger charge is -2.26. The smallest absolute Gasteiger partial charge is 0.275 e. The maximum Gasteiger partial charge on any atom is 0.275 e. The van der Waals surface area contributed by atoms with Gasteiger partial charge in [-0.3, -0.25) is 9.89 Å². The van der Waals surface area contributed by atoms with Gasteiger partial charge in [-0.1, -0.05) is 20.8 Å². The molecule has 8 heteroatoms. The van der Waals surface area contributed by atoms with Gasteiger partial charge in [-0.15, -0.1) is 0 Å². The first-order chi connectivity index (χ1) is 9.51. The standard InChI is InChI=1S/C13H22N4O3S/c1-8-11(21(14,19)20)10(16-15-8)12(18)17-6-5-9(7-17)13(2,3)4/h9H,5-7H2,1-4H3,(H,15,16)(H2,14,19,20). The first kappa shape index (κ1) is 16.0. The van der Waals surface area contributed by atoms with Crippen LogP contribution in [0.25, 0.3) is 0 Å². The summed E-state index contributed by atoms with van der Waals surface area (Å²) in [4.78, 5) is 14.0. The topological polar surface area (TPSA) is 109 Å². The number of nitrogens with zero attached hydrogens (tertiary/aromatic N) is 2. The zero-order valence-corrected chi connectivity index (χ0v) is 13.6. The molecule has 21 heavy (non-hydrogen) atoms. The van der Waals surface area contributed by atoms with Gasteiger partial charge in [0.2, 0.25) is 10.0 Å². The number of rotatable bonds is 2. The van der Waals surface area contributed by atoms with E-state index in [1.165, 1.54) is 6.92 Å². The third-order valence-corrected chi connectivity index (χ3v) is 5.15. The summed E-state index contributed by atoms with van der Waals surface area (Å²) in [6.45, 7) is 9.17. The number of hydrogen-bond donors (Lipinski definition) is 2. The molecule has 7 nitrogen and oxygen atoms in total. The molecule has 0 aliphatic carbocycles. The highest BCUT2D eigenvalue weighted by Crippen LogP contribution is 2.34. The Labute approximate surface area is 124 Å². The van der Waals surface area contributed by atoms with Crippen LogP contribution in [-0.2, 0) is 10.0 Å². The van der Waals surface area contributed by atoms with Gasteiger partial charge >= 0.3 is 0 Å². The Hall–Kier alpha value is -1.41. The monoisotopic (exact) mass is 314 g/mol. The van der Waals surface area contributed by atoms with Crippen molar-refractivity contribution in [3.8, 4) is 0 Å². The summed E-state index contributed by atoms with van der Waals surface area (Å²) in [6, 6.07) is 0. The van der Waals surface area contributed by atoms with E-state index in [0.29, 0.717) is 19.0 Å². The van der Waals surface area contributed by atoms with Crippen LogP contribution in [0.4, 0.5) is 0 Å². The second-order valence-electron chi connectivity index (χ2n) is 6.67. The molecule has 0 bridgehead atoms. The Morgan fingerprint density at radius 3 is 2.52 bits per heavy atom. The molecular formula is C13H22N4O3S. The van der Waals surface area contributed by atoms with Crippen LogP contribution in [0.3, 0.4) is 0 Å². The summed E-state index contributed by atoms with van der Waals surface area (Å²) in [6.07, 6.45) is 0.906. The largest absolute Gasteiger partial charge is 0.337 e. The van der Waals surface area contributed by atoms with E-state index in [2.05, 4.69) is 31.0 Å². The van der Waals surface area contributed by atoms with E-state index < -0.39 is 10.0 Å². The van der Waals surface area contributed by atoms with Crippen LogP contribution in [0.5, 0.6) is 0 Å². The van der Waals surface area contributed by atoms with Crippen LogP contribution in [0.15, 0.2) is 4.90 Å². The minimum atomic E-state index is -3.98. The molecule has 1 aliphatic heterocycles. The van der Waals surface area contributed by atoms with Crippen LogP contribution in [0.1, 0.15) is 43.4 Å². The number of nitrogens with two attached hydrogens (primary N) is 1. The molecule has 0 aromatic carbocycles. The predicted octanol–water partition coefficient (Wildman–Crippen LogP) is 0.874. The number of carbonyl (C=O) groups is 1. The van der Waals surface area contributed by atoms with Crippen molar-refractivity contribution in [3.63, 3.8) is 0 Å². The molecule has 2 heterocycles. The van der Waals surface area contributed by atoms with Gasteiger partial charge in [-0.2, -0.15) is 5.10 Å². The molecule has 1 saturated heterocycles. The Balaban J connectivity index is 2.28. The Bertz CT molecular complexity index is 657. The fraction of sp³-hybridized carbons (Fsp3) is 0.692. The second kappa shape index (κ2) is 5.10. The maximum absolute atomic E-state index is 12.5. The van der Waals surface area contributed by atoms with Crippen LogP contribution >= 0.6 is 0 Å². The number of sulfonamides is 1. The molecule has 1 aliphatic rings. The van der Waals surface area contributed by atoms with E-state index in [1.807, 2.05) is 0 Å². The molecule has 1 unspecified atom stereocenters. The highest BCUT2D eigenvalue weighted by molar-refractivity contribution is 7.89. The molecule has 0 spiro atoms. The van der Waals surface area contributed by atoms with Crippen molar-refractivity contribution in [1.82, 2.24) is 15.1 Å². The maximum atomic E-state index is 12.5. The van der Waals surface area contributed by atoms with Crippen molar-refractivity contribution in [2.75, 3.05) is 13.1 Å². The van der Waals surface area contributed by atoms with Crippen LogP contribution in [0, 0.1) is 18.3 Å². The number of aryl methyl sites for hydroxylation is 1. The Morgan fingerprint density at radius 2 is 2.05 bits per heavy atom. The van der Waals surface area contributed by atoms with E-state index >= 15 is 0 Å². The predicted molar refractivity (Wildman–Crippen MR) is 78.2 cm³/mol. The Morgan fingerprint density at radius 1 is 1.43 bits per heavy atom. The molecule has 1 atom stereocenters. The van der Waals surface area contributed by atoms with E-state index in [4.69, 9.17) is 5.14 Å². The zero-order valence-electron chi connectivity index (χ0n) is 12.8. The highest BCUT2D eigenvalue weighted by atomic mass is 32.2. The van der Waals surface area contributed by atoms with Crippen molar-refractivity contribution in [2.45, 2.75) is 39.0 Å². The van der Waals surface area contributed by atoms with Gasteiger partial charge in [-0.25, -0.2) is 13.6 Å². The third-order valence-electron chi connectivity index (χ3n) is 4.08. The van der Waals surface area contributed by atoms with Gasteiger partial charge in [0.25, 0.3) is 5.91 Å². The summed E-state index contributed by atoms with van der Waals surface area (Å²) in [5.41, 5.74) is 0.288. The molecule has 1 amide bonds. The van der Waals surface area contributed by atoms with Gasteiger partial charge in [-0.05, 0) is 24.7 Å². The quantitative estimate of drug-likeness (QED) is 0.844. The highest BCUT2D eigenvalue weighted by Gasteiger charge is 2.36. The molecule has 0 saturated carbocycles. The van der Waals surface area contributed by atoms with E-state index in [-0.39, 0.29) is 27.6 Å². The number of hydrogen-bond acceptors (Lipinski definition) is 4. The zero-order chi connectivity index (χ0) is 16.0. The number of amides is 1. The third kappa shape index (κ3) is 3.11. The molecule has 1 fully saturated rings. The normalized spacial score (nSPS) is 20.0. The van der Waals surface area contributed by atoms with Gasteiger partial charge in [0.1, 0.15) is 4.90 Å². The fourth-order valence-electron chi connectivity index (χ4n) is 2.71. The summed E-state index contributed by atoms with van der Waals surface area (Å²) in [7, 11) is -3.98. The summed E-state index contributed by atoms with van der Waals surface area (Å²) in [5, 5.41) is 11.5. The number of aromatic nitrogens is 2. The average Bonchev–Trinajstić information content (AvgIpc) is 2.91. The van der Waals surface area contributed by atoms with Gasteiger partial charge in [0.15, 0.2) is 5.69 Å². The Kier molecular flexibility index (Phi) is 3.88. The molecule has 0 radical (unpaired) electrons.